The lowest BCUT2D eigenvalue weighted by Gasteiger charge is -2.18. The maximum atomic E-state index is 11.8. The van der Waals surface area contributed by atoms with Gasteiger partial charge in [0.25, 0.3) is 10.0 Å². The van der Waals surface area contributed by atoms with E-state index in [1.54, 1.807) is 42.1 Å². The number of rotatable bonds is 3. The van der Waals surface area contributed by atoms with Crippen molar-refractivity contribution in [3.63, 3.8) is 0 Å². The van der Waals surface area contributed by atoms with Crippen molar-refractivity contribution < 1.29 is 8.42 Å². The van der Waals surface area contributed by atoms with Gasteiger partial charge in [0, 0.05) is 25.1 Å². The summed E-state index contributed by atoms with van der Waals surface area (Å²) >= 11 is 1.72. The lowest BCUT2D eigenvalue weighted by molar-refractivity contribution is 0.598. The number of sulfonamides is 1. The molecular formula is C11H14N2O2S2. The minimum Gasteiger partial charge on any atom is -0.314 e. The van der Waals surface area contributed by atoms with E-state index in [4.69, 9.17) is 0 Å². The van der Waals surface area contributed by atoms with Gasteiger partial charge in [-0.25, -0.2) is 0 Å². The van der Waals surface area contributed by atoms with E-state index < -0.39 is 10.0 Å². The van der Waals surface area contributed by atoms with Crippen LogP contribution >= 0.6 is 11.8 Å². The summed E-state index contributed by atoms with van der Waals surface area (Å²) < 4.78 is 27.4. The number of hydrogen-bond acceptors (Lipinski definition) is 4. The van der Waals surface area contributed by atoms with Gasteiger partial charge in [-0.15, -0.1) is 0 Å². The van der Waals surface area contributed by atoms with E-state index in [0.717, 1.165) is 18.8 Å². The molecule has 1 aromatic rings. The number of benzene rings is 1. The van der Waals surface area contributed by atoms with Crippen LogP contribution in [-0.2, 0) is 10.0 Å². The van der Waals surface area contributed by atoms with Gasteiger partial charge in [-0.05, 0) is 12.1 Å². The lowest BCUT2D eigenvalue weighted by atomic mass is 10.4. The Morgan fingerprint density at radius 1 is 1.35 bits per heavy atom. The Balaban J connectivity index is 2.09. The van der Waals surface area contributed by atoms with Crippen LogP contribution in [0.15, 0.2) is 39.6 Å². The summed E-state index contributed by atoms with van der Waals surface area (Å²) in [6.07, 6.45) is 1.53. The van der Waals surface area contributed by atoms with Crippen LogP contribution in [0.2, 0.25) is 0 Å². The average Bonchev–Trinajstić information content (AvgIpc) is 2.39. The lowest BCUT2D eigenvalue weighted by Crippen LogP contribution is -2.33. The molecule has 2 rings (SSSR count). The van der Waals surface area contributed by atoms with Gasteiger partial charge in [-0.3, -0.25) is 0 Å². The van der Waals surface area contributed by atoms with Gasteiger partial charge >= 0.3 is 0 Å². The molecule has 0 spiro atoms. The molecule has 0 bridgehead atoms. The predicted molar refractivity (Wildman–Crippen MR) is 71.2 cm³/mol. The molecule has 1 saturated heterocycles. The monoisotopic (exact) mass is 270 g/mol. The van der Waals surface area contributed by atoms with E-state index in [2.05, 4.69) is 9.71 Å². The van der Waals surface area contributed by atoms with Crippen molar-refractivity contribution in [2.45, 2.75) is 10.1 Å². The third-order valence-corrected chi connectivity index (χ3v) is 4.79. The van der Waals surface area contributed by atoms with Gasteiger partial charge in [-0.1, -0.05) is 18.2 Å². The maximum absolute atomic E-state index is 11.8. The highest BCUT2D eigenvalue weighted by Gasteiger charge is 2.14. The van der Waals surface area contributed by atoms with Crippen molar-refractivity contribution >= 4 is 28.0 Å². The van der Waals surface area contributed by atoms with Crippen LogP contribution < -0.4 is 5.32 Å². The fourth-order valence-corrected chi connectivity index (χ4v) is 3.44. The van der Waals surface area contributed by atoms with E-state index in [-0.39, 0.29) is 10.1 Å². The molecule has 1 heterocycles. The largest absolute Gasteiger partial charge is 0.314 e. The first-order chi connectivity index (χ1) is 8.18. The summed E-state index contributed by atoms with van der Waals surface area (Å²) in [6.45, 7) is 1.75. The molecule has 1 fully saturated rings. The van der Waals surface area contributed by atoms with E-state index in [1.807, 2.05) is 0 Å². The third-order valence-electron chi connectivity index (χ3n) is 2.36. The molecule has 0 saturated carbocycles. The standard InChI is InChI=1S/C11H14N2O2S2/c14-17(15,11-4-2-1-3-5-11)13-9-10-8-12-6-7-16-10/h1-5,9-10,12H,6-8H2. The molecule has 1 unspecified atom stereocenters. The normalized spacial score (nSPS) is 21.8. The van der Waals surface area contributed by atoms with Crippen molar-refractivity contribution in [1.82, 2.24) is 5.32 Å². The second-order valence-corrected chi connectivity index (χ2v) is 6.64. The molecule has 6 heteroatoms. The molecule has 1 aromatic carbocycles. The molecular weight excluding hydrogens is 256 g/mol. The van der Waals surface area contributed by atoms with Gasteiger partial charge in [0.2, 0.25) is 0 Å². The van der Waals surface area contributed by atoms with E-state index >= 15 is 0 Å². The Morgan fingerprint density at radius 2 is 2.12 bits per heavy atom. The summed E-state index contributed by atoms with van der Waals surface area (Å²) in [5.41, 5.74) is 0. The SMILES string of the molecule is O=S(=O)(N=CC1CNCCS1)c1ccccc1. The van der Waals surface area contributed by atoms with Crippen molar-refractivity contribution in [3.05, 3.63) is 30.3 Å². The van der Waals surface area contributed by atoms with Crippen LogP contribution in [0.5, 0.6) is 0 Å². The summed E-state index contributed by atoms with van der Waals surface area (Å²) in [4.78, 5) is 0.241. The van der Waals surface area contributed by atoms with E-state index in [0.29, 0.717) is 0 Å². The summed E-state index contributed by atoms with van der Waals surface area (Å²) in [5, 5.41) is 3.34. The summed E-state index contributed by atoms with van der Waals surface area (Å²) in [5.74, 6) is 0.988. The average molecular weight is 270 g/mol. The minimum atomic E-state index is -3.53. The minimum absolute atomic E-state index is 0.141. The van der Waals surface area contributed by atoms with Crippen molar-refractivity contribution in [2.75, 3.05) is 18.8 Å². The Morgan fingerprint density at radius 3 is 2.76 bits per heavy atom. The number of nitrogens with zero attached hydrogens (tertiary/aromatic N) is 1. The summed E-state index contributed by atoms with van der Waals surface area (Å²) in [6, 6.07) is 8.28. The van der Waals surface area contributed by atoms with Crippen molar-refractivity contribution in [3.8, 4) is 0 Å². The van der Waals surface area contributed by atoms with Gasteiger partial charge in [0.1, 0.15) is 0 Å². The second-order valence-electron chi connectivity index (χ2n) is 3.66. The predicted octanol–water partition coefficient (Wildman–Crippen LogP) is 1.15. The zero-order chi connectivity index (χ0) is 12.1. The number of hydrogen-bond donors (Lipinski definition) is 1. The summed E-state index contributed by atoms with van der Waals surface area (Å²) in [7, 11) is -3.53. The second kappa shape index (κ2) is 5.66. The molecule has 1 aliphatic rings. The van der Waals surface area contributed by atoms with Gasteiger partial charge in [0.15, 0.2) is 0 Å². The van der Waals surface area contributed by atoms with Crippen LogP contribution in [0.4, 0.5) is 0 Å². The smallest absolute Gasteiger partial charge is 0.282 e. The Kier molecular flexibility index (Phi) is 4.20. The highest BCUT2D eigenvalue weighted by molar-refractivity contribution is 8.00. The Bertz CT molecular complexity index is 479. The Hall–Kier alpha value is -0.850. The van der Waals surface area contributed by atoms with Gasteiger partial charge < -0.3 is 5.32 Å². The van der Waals surface area contributed by atoms with Crippen LogP contribution in [0.25, 0.3) is 0 Å². The molecule has 1 aliphatic heterocycles. The number of thioether (sulfide) groups is 1. The zero-order valence-corrected chi connectivity index (χ0v) is 10.9. The fraction of sp³-hybridized carbons (Fsp3) is 0.364. The topological polar surface area (TPSA) is 58.5 Å². The fourth-order valence-electron chi connectivity index (χ4n) is 1.48. The van der Waals surface area contributed by atoms with Crippen LogP contribution in [0.1, 0.15) is 0 Å². The molecule has 0 aromatic heterocycles. The van der Waals surface area contributed by atoms with Crippen LogP contribution in [0, 0.1) is 0 Å². The Labute approximate surface area is 106 Å². The van der Waals surface area contributed by atoms with Crippen molar-refractivity contribution in [1.29, 1.82) is 0 Å². The zero-order valence-electron chi connectivity index (χ0n) is 9.24. The highest BCUT2D eigenvalue weighted by Crippen LogP contribution is 2.14. The molecule has 92 valence electrons. The van der Waals surface area contributed by atoms with Crippen molar-refractivity contribution in [2.24, 2.45) is 4.40 Å². The maximum Gasteiger partial charge on any atom is 0.282 e. The quantitative estimate of drug-likeness (QED) is 0.837. The molecule has 0 radical (unpaired) electrons. The van der Waals surface area contributed by atoms with E-state index in [9.17, 15) is 8.42 Å². The molecule has 17 heavy (non-hydrogen) atoms. The highest BCUT2D eigenvalue weighted by atomic mass is 32.2. The van der Waals surface area contributed by atoms with Crippen LogP contribution in [0.3, 0.4) is 0 Å². The van der Waals surface area contributed by atoms with Gasteiger partial charge in [-0.2, -0.15) is 24.6 Å². The molecule has 4 nitrogen and oxygen atoms in total. The molecule has 1 atom stereocenters. The molecule has 0 aliphatic carbocycles. The first kappa shape index (κ1) is 12.6. The van der Waals surface area contributed by atoms with E-state index in [1.165, 1.54) is 6.21 Å². The molecule has 0 amide bonds. The van der Waals surface area contributed by atoms with Crippen LogP contribution in [-0.4, -0.2) is 38.7 Å². The number of nitrogens with one attached hydrogen (secondary N) is 1. The molecule has 1 N–H and O–H groups in total. The van der Waals surface area contributed by atoms with Gasteiger partial charge in [0.05, 0.1) is 10.1 Å². The third kappa shape index (κ3) is 3.55. The first-order valence-corrected chi connectivity index (χ1v) is 7.85. The first-order valence-electron chi connectivity index (χ1n) is 5.36.